The Labute approximate surface area is 105 Å². The molecule has 18 heavy (non-hydrogen) atoms. The summed E-state index contributed by atoms with van der Waals surface area (Å²) in [4.78, 5) is 22.0. The third-order valence-electron chi connectivity index (χ3n) is 2.18. The normalized spacial score (nSPS) is 11.4. The molecule has 1 rings (SSSR count). The lowest BCUT2D eigenvalue weighted by molar-refractivity contribution is -0.124. The first-order chi connectivity index (χ1) is 8.43. The van der Waals surface area contributed by atoms with Crippen LogP contribution in [0.2, 0.25) is 0 Å². The van der Waals surface area contributed by atoms with Crippen molar-refractivity contribution in [2.75, 3.05) is 11.1 Å². The van der Waals surface area contributed by atoms with Crippen LogP contribution in [0.5, 0.6) is 5.75 Å². The van der Waals surface area contributed by atoms with Crippen molar-refractivity contribution in [1.82, 2.24) is 0 Å². The number of hydrogen-bond acceptors (Lipinski definition) is 4. The highest BCUT2D eigenvalue weighted by Crippen LogP contribution is 2.25. The summed E-state index contributed by atoms with van der Waals surface area (Å²) >= 11 is 0. The second-order valence-electron chi connectivity index (χ2n) is 3.60. The topological polar surface area (TPSA) is 107 Å². The molecular weight excluding hydrogens is 234 g/mol. The fourth-order valence-electron chi connectivity index (χ4n) is 1.16. The average molecular weight is 249 g/mol. The highest BCUT2D eigenvalue weighted by atomic mass is 16.5. The van der Waals surface area contributed by atoms with Gasteiger partial charge in [-0.1, -0.05) is 6.58 Å². The van der Waals surface area contributed by atoms with Crippen molar-refractivity contribution in [3.05, 3.63) is 30.9 Å². The predicted octanol–water partition coefficient (Wildman–Crippen LogP) is 0.646. The molecule has 0 bridgehead atoms. The maximum absolute atomic E-state index is 11.2. The van der Waals surface area contributed by atoms with E-state index >= 15 is 0 Å². The van der Waals surface area contributed by atoms with E-state index in [9.17, 15) is 9.59 Å². The molecule has 0 radical (unpaired) electrons. The van der Waals surface area contributed by atoms with E-state index in [0.29, 0.717) is 17.1 Å². The Morgan fingerprint density at radius 1 is 1.50 bits per heavy atom. The monoisotopic (exact) mass is 249 g/mol. The van der Waals surface area contributed by atoms with E-state index in [1.165, 1.54) is 13.0 Å². The van der Waals surface area contributed by atoms with Gasteiger partial charge in [-0.2, -0.15) is 0 Å². The van der Waals surface area contributed by atoms with E-state index in [-0.39, 0.29) is 5.91 Å². The molecule has 0 aliphatic carbocycles. The first kappa shape index (κ1) is 13.6. The van der Waals surface area contributed by atoms with Gasteiger partial charge in [0.2, 0.25) is 5.91 Å². The van der Waals surface area contributed by atoms with Crippen LogP contribution in [0, 0.1) is 0 Å². The van der Waals surface area contributed by atoms with Gasteiger partial charge in [0.25, 0.3) is 5.91 Å². The van der Waals surface area contributed by atoms with Crippen LogP contribution in [0.3, 0.4) is 0 Å². The van der Waals surface area contributed by atoms with Crippen molar-refractivity contribution >= 4 is 23.2 Å². The number of carbonyl (C=O) groups is 2. The number of benzene rings is 1. The Kier molecular flexibility index (Phi) is 4.31. The Bertz CT molecular complexity index is 485. The molecule has 96 valence electrons. The fraction of sp³-hybridized carbons (Fsp3) is 0.167. The van der Waals surface area contributed by atoms with Crippen LogP contribution in [0.1, 0.15) is 6.92 Å². The first-order valence-corrected chi connectivity index (χ1v) is 5.23. The van der Waals surface area contributed by atoms with Gasteiger partial charge in [0.15, 0.2) is 6.10 Å². The molecule has 1 aromatic rings. The highest BCUT2D eigenvalue weighted by molar-refractivity contribution is 6.01. The van der Waals surface area contributed by atoms with Gasteiger partial charge in [0.05, 0.1) is 11.4 Å². The summed E-state index contributed by atoms with van der Waals surface area (Å²) < 4.78 is 5.28. The first-order valence-electron chi connectivity index (χ1n) is 5.23. The van der Waals surface area contributed by atoms with Crippen molar-refractivity contribution in [3.63, 3.8) is 0 Å². The summed E-state index contributed by atoms with van der Waals surface area (Å²) in [6.45, 7) is 4.86. The maximum Gasteiger partial charge on any atom is 0.258 e. The van der Waals surface area contributed by atoms with Crippen molar-refractivity contribution in [2.24, 2.45) is 5.73 Å². The van der Waals surface area contributed by atoms with Crippen LogP contribution >= 0.6 is 0 Å². The standard InChI is InChI=1S/C12H15N3O3/c1-3-11(16)15-10-6-8(4-5-9(10)13)18-7(2)12(14)17/h3-7H,1,13H2,2H3,(H2,14,17)(H,15,16)/t7-/m0/s1. The Morgan fingerprint density at radius 3 is 2.72 bits per heavy atom. The molecule has 0 spiro atoms. The molecule has 0 unspecified atom stereocenters. The van der Waals surface area contributed by atoms with Crippen LogP contribution in [-0.2, 0) is 9.59 Å². The van der Waals surface area contributed by atoms with Gasteiger partial charge in [-0.25, -0.2) is 0 Å². The molecule has 2 amide bonds. The Balaban J connectivity index is 2.89. The molecule has 0 fully saturated rings. The molecule has 0 saturated carbocycles. The largest absolute Gasteiger partial charge is 0.481 e. The van der Waals surface area contributed by atoms with Crippen LogP contribution in [0.4, 0.5) is 11.4 Å². The molecule has 0 heterocycles. The lowest BCUT2D eigenvalue weighted by atomic mass is 10.2. The highest BCUT2D eigenvalue weighted by Gasteiger charge is 2.11. The molecule has 0 aliphatic rings. The third kappa shape index (κ3) is 3.51. The number of nitrogens with two attached hydrogens (primary N) is 2. The summed E-state index contributed by atoms with van der Waals surface area (Å²) in [6.07, 6.45) is 0.357. The van der Waals surface area contributed by atoms with E-state index in [1.54, 1.807) is 12.1 Å². The van der Waals surface area contributed by atoms with Crippen LogP contribution in [0.25, 0.3) is 0 Å². The molecule has 0 aliphatic heterocycles. The summed E-state index contributed by atoms with van der Waals surface area (Å²) in [6, 6.07) is 4.65. The van der Waals surface area contributed by atoms with Crippen LogP contribution in [-0.4, -0.2) is 17.9 Å². The summed E-state index contributed by atoms with van der Waals surface area (Å²) in [5, 5.41) is 2.52. The zero-order chi connectivity index (χ0) is 13.7. The molecule has 6 nitrogen and oxygen atoms in total. The molecule has 0 saturated heterocycles. The van der Waals surface area contributed by atoms with E-state index in [0.717, 1.165) is 6.08 Å². The molecule has 0 aromatic heterocycles. The van der Waals surface area contributed by atoms with Crippen molar-refractivity contribution < 1.29 is 14.3 Å². The number of rotatable bonds is 5. The third-order valence-corrected chi connectivity index (χ3v) is 2.18. The number of nitrogens with one attached hydrogen (secondary N) is 1. The maximum atomic E-state index is 11.2. The fourth-order valence-corrected chi connectivity index (χ4v) is 1.16. The average Bonchev–Trinajstić information content (AvgIpc) is 2.33. The minimum absolute atomic E-state index is 0.379. The van der Waals surface area contributed by atoms with E-state index in [2.05, 4.69) is 11.9 Å². The minimum atomic E-state index is -0.767. The number of amides is 2. The second-order valence-corrected chi connectivity index (χ2v) is 3.60. The Morgan fingerprint density at radius 2 is 2.17 bits per heavy atom. The van der Waals surface area contributed by atoms with Gasteiger partial charge in [0, 0.05) is 6.07 Å². The minimum Gasteiger partial charge on any atom is -0.481 e. The summed E-state index contributed by atoms with van der Waals surface area (Å²) in [7, 11) is 0. The molecule has 1 aromatic carbocycles. The van der Waals surface area contributed by atoms with Crippen molar-refractivity contribution in [1.29, 1.82) is 0 Å². The smallest absolute Gasteiger partial charge is 0.258 e. The molecular formula is C12H15N3O3. The van der Waals surface area contributed by atoms with E-state index < -0.39 is 12.0 Å². The van der Waals surface area contributed by atoms with Crippen molar-refractivity contribution in [2.45, 2.75) is 13.0 Å². The number of primary amides is 1. The summed E-state index contributed by atoms with van der Waals surface area (Å²) in [5.41, 5.74) is 11.5. The van der Waals surface area contributed by atoms with E-state index in [1.807, 2.05) is 0 Å². The van der Waals surface area contributed by atoms with Gasteiger partial charge < -0.3 is 21.5 Å². The molecule has 5 N–H and O–H groups in total. The van der Waals surface area contributed by atoms with Crippen LogP contribution in [0.15, 0.2) is 30.9 Å². The molecule has 6 heteroatoms. The molecule has 1 atom stereocenters. The quantitative estimate of drug-likeness (QED) is 0.525. The Hall–Kier alpha value is -2.50. The lowest BCUT2D eigenvalue weighted by Gasteiger charge is -2.13. The lowest BCUT2D eigenvalue weighted by Crippen LogP contribution is -2.30. The van der Waals surface area contributed by atoms with Gasteiger partial charge in [-0.15, -0.1) is 0 Å². The zero-order valence-electron chi connectivity index (χ0n) is 9.97. The van der Waals surface area contributed by atoms with Gasteiger partial charge >= 0.3 is 0 Å². The van der Waals surface area contributed by atoms with Gasteiger partial charge in [-0.3, -0.25) is 9.59 Å². The van der Waals surface area contributed by atoms with Gasteiger partial charge in [0.1, 0.15) is 5.75 Å². The number of nitrogen functional groups attached to an aromatic ring is 1. The number of ether oxygens (including phenoxy) is 1. The van der Waals surface area contributed by atoms with Gasteiger partial charge in [-0.05, 0) is 25.1 Å². The summed E-state index contributed by atoms with van der Waals surface area (Å²) in [5.74, 6) is -0.583. The van der Waals surface area contributed by atoms with Crippen molar-refractivity contribution in [3.8, 4) is 5.75 Å². The predicted molar refractivity (Wildman–Crippen MR) is 69.0 cm³/mol. The number of hydrogen-bond donors (Lipinski definition) is 3. The van der Waals surface area contributed by atoms with Crippen LogP contribution < -0.4 is 21.5 Å². The zero-order valence-corrected chi connectivity index (χ0v) is 9.97. The number of anilines is 2. The SMILES string of the molecule is C=CC(=O)Nc1cc(O[C@@H](C)C(N)=O)ccc1N. The second kappa shape index (κ2) is 5.72. The van der Waals surface area contributed by atoms with E-state index in [4.69, 9.17) is 16.2 Å². The number of carbonyl (C=O) groups excluding carboxylic acids is 2.